The van der Waals surface area contributed by atoms with Gasteiger partial charge in [-0.15, -0.1) is 0 Å². The summed E-state index contributed by atoms with van der Waals surface area (Å²) < 4.78 is 0. The van der Waals surface area contributed by atoms with Gasteiger partial charge in [-0.2, -0.15) is 0 Å². The fraction of sp³-hybridized carbons (Fsp3) is 0.400. The Morgan fingerprint density at radius 2 is 2.04 bits per heavy atom. The predicted octanol–water partition coefficient (Wildman–Crippen LogP) is 3.85. The molecule has 0 saturated carbocycles. The second-order valence-electron chi connectivity index (χ2n) is 7.57. The number of aromatic nitrogens is 1. The van der Waals surface area contributed by atoms with E-state index in [1.165, 1.54) is 5.56 Å². The SMILES string of the molecule is CN(C)C(CNC(=O)N1CC(C)(C)c2ncc(Cl)cc21)c1ccccc1. The highest BCUT2D eigenvalue weighted by Gasteiger charge is 2.39. The van der Waals surface area contributed by atoms with Crippen molar-refractivity contribution in [3.05, 3.63) is 58.9 Å². The number of fused-ring (bicyclic) bond motifs is 1. The van der Waals surface area contributed by atoms with Gasteiger partial charge in [0, 0.05) is 24.7 Å². The number of hydrogen-bond acceptors (Lipinski definition) is 3. The summed E-state index contributed by atoms with van der Waals surface area (Å²) in [5.41, 5.74) is 2.67. The highest BCUT2D eigenvalue weighted by atomic mass is 35.5. The van der Waals surface area contributed by atoms with Crippen LogP contribution in [-0.4, -0.2) is 43.1 Å². The van der Waals surface area contributed by atoms with Crippen molar-refractivity contribution in [1.29, 1.82) is 0 Å². The molecule has 5 nitrogen and oxygen atoms in total. The third kappa shape index (κ3) is 3.69. The highest BCUT2D eigenvalue weighted by molar-refractivity contribution is 6.30. The van der Waals surface area contributed by atoms with E-state index in [2.05, 4.69) is 41.2 Å². The third-order valence-corrected chi connectivity index (χ3v) is 5.03. The van der Waals surface area contributed by atoms with Crippen molar-refractivity contribution in [2.75, 3.05) is 32.1 Å². The number of rotatable bonds is 4. The van der Waals surface area contributed by atoms with Gasteiger partial charge in [-0.05, 0) is 25.7 Å². The molecular formula is C20H25ClN4O. The van der Waals surface area contributed by atoms with Crippen LogP contribution in [0.25, 0.3) is 0 Å². The topological polar surface area (TPSA) is 48.5 Å². The van der Waals surface area contributed by atoms with Crippen LogP contribution in [-0.2, 0) is 5.41 Å². The first kappa shape index (κ1) is 18.7. The second kappa shape index (κ2) is 7.25. The van der Waals surface area contributed by atoms with Gasteiger partial charge in [0.05, 0.1) is 22.4 Å². The molecular weight excluding hydrogens is 348 g/mol. The molecule has 0 bridgehead atoms. The summed E-state index contributed by atoms with van der Waals surface area (Å²) in [6.45, 7) is 5.29. The zero-order valence-corrected chi connectivity index (χ0v) is 16.4. The molecule has 0 saturated heterocycles. The van der Waals surface area contributed by atoms with Crippen molar-refractivity contribution in [1.82, 2.24) is 15.2 Å². The zero-order chi connectivity index (χ0) is 18.9. The van der Waals surface area contributed by atoms with Gasteiger partial charge in [0.1, 0.15) is 0 Å². The van der Waals surface area contributed by atoms with Crippen LogP contribution < -0.4 is 10.2 Å². The number of benzene rings is 1. The number of amides is 2. The smallest absolute Gasteiger partial charge is 0.322 e. The first-order chi connectivity index (χ1) is 12.3. The summed E-state index contributed by atoms with van der Waals surface area (Å²) >= 11 is 6.11. The number of pyridine rings is 1. The molecule has 1 atom stereocenters. The van der Waals surface area contributed by atoms with Gasteiger partial charge in [-0.3, -0.25) is 9.88 Å². The largest absolute Gasteiger partial charge is 0.336 e. The zero-order valence-electron chi connectivity index (χ0n) is 15.7. The van der Waals surface area contributed by atoms with E-state index in [1.54, 1.807) is 11.1 Å². The Hall–Kier alpha value is -2.11. The molecule has 0 radical (unpaired) electrons. The van der Waals surface area contributed by atoms with E-state index in [0.29, 0.717) is 18.1 Å². The van der Waals surface area contributed by atoms with Gasteiger partial charge < -0.3 is 10.2 Å². The molecule has 0 aliphatic carbocycles. The van der Waals surface area contributed by atoms with Crippen molar-refractivity contribution in [3.8, 4) is 0 Å². The quantitative estimate of drug-likeness (QED) is 0.886. The number of nitrogens with zero attached hydrogens (tertiary/aromatic N) is 3. The molecule has 2 amide bonds. The first-order valence-electron chi connectivity index (χ1n) is 8.72. The second-order valence-corrected chi connectivity index (χ2v) is 8.00. The van der Waals surface area contributed by atoms with Crippen molar-refractivity contribution in [2.24, 2.45) is 0 Å². The first-order valence-corrected chi connectivity index (χ1v) is 9.10. The Kier molecular flexibility index (Phi) is 5.21. The van der Waals surface area contributed by atoms with Crippen molar-refractivity contribution >= 4 is 23.3 Å². The highest BCUT2D eigenvalue weighted by Crippen LogP contribution is 2.40. The Morgan fingerprint density at radius 3 is 2.69 bits per heavy atom. The van der Waals surface area contributed by atoms with Crippen LogP contribution in [0.3, 0.4) is 0 Å². The molecule has 3 rings (SSSR count). The van der Waals surface area contributed by atoms with Gasteiger partial charge in [-0.25, -0.2) is 4.79 Å². The van der Waals surface area contributed by atoms with E-state index in [9.17, 15) is 4.79 Å². The van der Waals surface area contributed by atoms with Crippen molar-refractivity contribution in [3.63, 3.8) is 0 Å². The molecule has 1 aliphatic rings. The fourth-order valence-corrected chi connectivity index (χ4v) is 3.60. The van der Waals surface area contributed by atoms with Crippen LogP contribution >= 0.6 is 11.6 Å². The van der Waals surface area contributed by atoms with Crippen LogP contribution in [0, 0.1) is 0 Å². The maximum Gasteiger partial charge on any atom is 0.322 e. The number of carbonyl (C=O) groups is 1. The van der Waals surface area contributed by atoms with Gasteiger partial charge in [0.15, 0.2) is 0 Å². The van der Waals surface area contributed by atoms with Gasteiger partial charge in [0.2, 0.25) is 0 Å². The van der Waals surface area contributed by atoms with Gasteiger partial charge in [0.25, 0.3) is 0 Å². The van der Waals surface area contributed by atoms with E-state index in [4.69, 9.17) is 11.6 Å². The normalized spacial score (nSPS) is 16.5. The lowest BCUT2D eigenvalue weighted by atomic mass is 9.91. The molecule has 1 aromatic heterocycles. The Labute approximate surface area is 160 Å². The molecule has 2 aromatic rings. The average molecular weight is 373 g/mol. The van der Waals surface area contributed by atoms with E-state index < -0.39 is 0 Å². The minimum atomic E-state index is -0.197. The Bertz CT molecular complexity index is 792. The van der Waals surface area contributed by atoms with Crippen molar-refractivity contribution in [2.45, 2.75) is 25.3 Å². The lowest BCUT2D eigenvalue weighted by molar-refractivity contribution is 0.237. The van der Waals surface area contributed by atoms with E-state index >= 15 is 0 Å². The standard InChI is InChI=1S/C20H25ClN4O/c1-20(2)13-25(16-10-15(21)11-22-18(16)20)19(26)23-12-17(24(3)4)14-8-6-5-7-9-14/h5-11,17H,12-13H2,1-4H3,(H,23,26). The van der Waals surface area contributed by atoms with Gasteiger partial charge in [-0.1, -0.05) is 55.8 Å². The summed E-state index contributed by atoms with van der Waals surface area (Å²) in [6.07, 6.45) is 1.64. The third-order valence-electron chi connectivity index (χ3n) is 4.82. The number of urea groups is 1. The molecule has 1 unspecified atom stereocenters. The van der Waals surface area contributed by atoms with E-state index in [-0.39, 0.29) is 17.5 Å². The molecule has 0 spiro atoms. The number of halogens is 1. The maximum atomic E-state index is 12.9. The van der Waals surface area contributed by atoms with E-state index in [0.717, 1.165) is 11.4 Å². The van der Waals surface area contributed by atoms with Crippen LogP contribution in [0.5, 0.6) is 0 Å². The number of likely N-dealkylation sites (N-methyl/N-ethyl adjacent to an activating group) is 1. The Balaban J connectivity index is 1.76. The van der Waals surface area contributed by atoms with E-state index in [1.807, 2.05) is 38.4 Å². The summed E-state index contributed by atoms with van der Waals surface area (Å²) in [7, 11) is 4.03. The number of hydrogen-bond donors (Lipinski definition) is 1. The molecule has 6 heteroatoms. The maximum absolute atomic E-state index is 12.9. The summed E-state index contributed by atoms with van der Waals surface area (Å²) in [5, 5.41) is 3.61. The fourth-order valence-electron chi connectivity index (χ4n) is 3.45. The molecule has 138 valence electrons. The predicted molar refractivity (Wildman–Crippen MR) is 106 cm³/mol. The monoisotopic (exact) mass is 372 g/mol. The van der Waals surface area contributed by atoms with Crippen LogP contribution in [0.4, 0.5) is 10.5 Å². The summed E-state index contributed by atoms with van der Waals surface area (Å²) in [4.78, 5) is 21.2. The number of carbonyl (C=O) groups excluding carboxylic acids is 1. The molecule has 1 aliphatic heterocycles. The number of anilines is 1. The van der Waals surface area contributed by atoms with Crippen molar-refractivity contribution < 1.29 is 4.79 Å². The van der Waals surface area contributed by atoms with Crippen LogP contribution in [0.1, 0.15) is 31.1 Å². The average Bonchev–Trinajstić information content (AvgIpc) is 2.86. The lowest BCUT2D eigenvalue weighted by Crippen LogP contribution is -2.44. The summed E-state index contributed by atoms with van der Waals surface area (Å²) in [6, 6.07) is 12.0. The number of nitrogens with one attached hydrogen (secondary N) is 1. The molecule has 1 N–H and O–H groups in total. The molecule has 26 heavy (non-hydrogen) atoms. The minimum Gasteiger partial charge on any atom is -0.336 e. The molecule has 0 fully saturated rings. The van der Waals surface area contributed by atoms with Crippen LogP contribution in [0.15, 0.2) is 42.6 Å². The molecule has 1 aromatic carbocycles. The molecule has 2 heterocycles. The lowest BCUT2D eigenvalue weighted by Gasteiger charge is -2.27. The van der Waals surface area contributed by atoms with Gasteiger partial charge >= 0.3 is 6.03 Å². The minimum absolute atomic E-state index is 0.104. The summed E-state index contributed by atoms with van der Waals surface area (Å²) in [5.74, 6) is 0. The Morgan fingerprint density at radius 1 is 1.35 bits per heavy atom. The van der Waals surface area contributed by atoms with Crippen LogP contribution in [0.2, 0.25) is 5.02 Å².